The van der Waals surface area contributed by atoms with Crippen LogP contribution in [0.2, 0.25) is 0 Å². The van der Waals surface area contributed by atoms with Crippen LogP contribution in [0.15, 0.2) is 41.5 Å². The van der Waals surface area contributed by atoms with E-state index in [1.807, 2.05) is 13.0 Å². The quantitative estimate of drug-likeness (QED) is 0.672. The van der Waals surface area contributed by atoms with Crippen molar-refractivity contribution in [3.05, 3.63) is 53.1 Å². The normalized spacial score (nSPS) is 12.6. The predicted octanol–water partition coefficient (Wildman–Crippen LogP) is 2.19. The zero-order valence-electron chi connectivity index (χ0n) is 11.9. The standard InChI is InChI=1S/C16H14N2O4/c1-10-2-3-12(13(19)6-10)8-17-18-16(20)11-4-5-14-15(7-11)22-9-21-14/h2-8,19H,9H2,1H3,(H,18,20)/b17-8+. The Kier molecular flexibility index (Phi) is 3.65. The molecule has 0 unspecified atom stereocenters. The molecule has 1 aliphatic heterocycles. The molecule has 112 valence electrons. The molecule has 22 heavy (non-hydrogen) atoms. The molecule has 1 amide bonds. The van der Waals surface area contributed by atoms with E-state index < -0.39 is 0 Å². The summed E-state index contributed by atoms with van der Waals surface area (Å²) in [4.78, 5) is 12.0. The molecule has 0 saturated carbocycles. The van der Waals surface area contributed by atoms with Gasteiger partial charge in [-0.3, -0.25) is 4.79 Å². The minimum atomic E-state index is -0.374. The van der Waals surface area contributed by atoms with Crippen molar-refractivity contribution in [1.29, 1.82) is 0 Å². The number of phenols is 1. The van der Waals surface area contributed by atoms with Crippen LogP contribution in [-0.4, -0.2) is 24.0 Å². The van der Waals surface area contributed by atoms with Crippen molar-refractivity contribution < 1.29 is 19.4 Å². The van der Waals surface area contributed by atoms with Gasteiger partial charge >= 0.3 is 0 Å². The number of hydrazone groups is 1. The summed E-state index contributed by atoms with van der Waals surface area (Å²) < 4.78 is 10.4. The highest BCUT2D eigenvalue weighted by molar-refractivity contribution is 5.95. The van der Waals surface area contributed by atoms with Crippen LogP contribution in [0.3, 0.4) is 0 Å². The van der Waals surface area contributed by atoms with E-state index in [0.29, 0.717) is 22.6 Å². The molecule has 6 nitrogen and oxygen atoms in total. The van der Waals surface area contributed by atoms with E-state index in [2.05, 4.69) is 10.5 Å². The molecule has 0 atom stereocenters. The third-order valence-electron chi connectivity index (χ3n) is 3.19. The van der Waals surface area contributed by atoms with Gasteiger partial charge in [-0.25, -0.2) is 5.43 Å². The average molecular weight is 298 g/mol. The van der Waals surface area contributed by atoms with E-state index in [1.54, 1.807) is 30.3 Å². The molecule has 0 spiro atoms. The fraction of sp³-hybridized carbons (Fsp3) is 0.125. The topological polar surface area (TPSA) is 80.2 Å². The highest BCUT2D eigenvalue weighted by Gasteiger charge is 2.15. The Bertz CT molecular complexity index is 756. The summed E-state index contributed by atoms with van der Waals surface area (Å²) in [5.41, 5.74) is 4.28. The number of hydrogen-bond donors (Lipinski definition) is 2. The molecule has 1 aliphatic rings. The van der Waals surface area contributed by atoms with Crippen molar-refractivity contribution in [2.24, 2.45) is 5.10 Å². The Labute approximate surface area is 127 Å². The molecule has 2 aromatic carbocycles. The van der Waals surface area contributed by atoms with Crippen molar-refractivity contribution in [3.8, 4) is 17.2 Å². The van der Waals surface area contributed by atoms with E-state index >= 15 is 0 Å². The van der Waals surface area contributed by atoms with E-state index in [0.717, 1.165) is 5.56 Å². The molecule has 0 saturated heterocycles. The maximum absolute atomic E-state index is 12.0. The maximum atomic E-state index is 12.0. The average Bonchev–Trinajstić information content (AvgIpc) is 2.96. The molecular weight excluding hydrogens is 284 g/mol. The summed E-state index contributed by atoms with van der Waals surface area (Å²) >= 11 is 0. The number of carbonyl (C=O) groups is 1. The number of aryl methyl sites for hydroxylation is 1. The first-order valence-electron chi connectivity index (χ1n) is 6.66. The number of ether oxygens (including phenoxy) is 2. The van der Waals surface area contributed by atoms with Crippen LogP contribution in [0.1, 0.15) is 21.5 Å². The number of phenolic OH excluding ortho intramolecular Hbond substituents is 1. The van der Waals surface area contributed by atoms with Gasteiger partial charge in [0.1, 0.15) is 5.75 Å². The minimum absolute atomic E-state index is 0.112. The summed E-state index contributed by atoms with van der Waals surface area (Å²) in [6, 6.07) is 10.1. The number of fused-ring (bicyclic) bond motifs is 1. The molecule has 1 heterocycles. The van der Waals surface area contributed by atoms with E-state index in [-0.39, 0.29) is 18.4 Å². The van der Waals surface area contributed by atoms with Gasteiger partial charge in [-0.1, -0.05) is 6.07 Å². The number of rotatable bonds is 3. The molecule has 0 fully saturated rings. The second-order valence-corrected chi connectivity index (χ2v) is 4.83. The zero-order chi connectivity index (χ0) is 15.5. The Morgan fingerprint density at radius 1 is 1.23 bits per heavy atom. The zero-order valence-corrected chi connectivity index (χ0v) is 11.9. The molecule has 0 radical (unpaired) electrons. The molecule has 0 aliphatic carbocycles. The van der Waals surface area contributed by atoms with Gasteiger partial charge in [0.2, 0.25) is 6.79 Å². The molecule has 2 N–H and O–H groups in total. The SMILES string of the molecule is Cc1ccc(/C=N/NC(=O)c2ccc3c(c2)OCO3)c(O)c1. The van der Waals surface area contributed by atoms with Gasteiger partial charge in [-0.05, 0) is 42.8 Å². The predicted molar refractivity (Wildman–Crippen MR) is 80.5 cm³/mol. The lowest BCUT2D eigenvalue weighted by molar-refractivity contribution is 0.0954. The van der Waals surface area contributed by atoms with Crippen LogP contribution < -0.4 is 14.9 Å². The number of nitrogens with one attached hydrogen (secondary N) is 1. The van der Waals surface area contributed by atoms with Gasteiger partial charge in [0.15, 0.2) is 11.5 Å². The van der Waals surface area contributed by atoms with Gasteiger partial charge in [0.05, 0.1) is 6.21 Å². The Hall–Kier alpha value is -3.02. The van der Waals surface area contributed by atoms with Crippen molar-refractivity contribution in [1.82, 2.24) is 5.43 Å². The number of carbonyl (C=O) groups excluding carboxylic acids is 1. The highest BCUT2D eigenvalue weighted by atomic mass is 16.7. The van der Waals surface area contributed by atoms with Gasteiger partial charge in [0, 0.05) is 11.1 Å². The van der Waals surface area contributed by atoms with E-state index in [9.17, 15) is 9.90 Å². The monoisotopic (exact) mass is 298 g/mol. The molecule has 3 rings (SSSR count). The Morgan fingerprint density at radius 2 is 2.05 bits per heavy atom. The number of hydrogen-bond acceptors (Lipinski definition) is 5. The van der Waals surface area contributed by atoms with Crippen LogP contribution >= 0.6 is 0 Å². The van der Waals surface area contributed by atoms with Crippen LogP contribution in [0.5, 0.6) is 17.2 Å². The molecular formula is C16H14N2O4. The van der Waals surface area contributed by atoms with Crippen molar-refractivity contribution in [2.45, 2.75) is 6.92 Å². The third kappa shape index (κ3) is 2.85. The van der Waals surface area contributed by atoms with Gasteiger partial charge in [-0.15, -0.1) is 0 Å². The highest BCUT2D eigenvalue weighted by Crippen LogP contribution is 2.32. The van der Waals surface area contributed by atoms with Gasteiger partial charge < -0.3 is 14.6 Å². The Morgan fingerprint density at radius 3 is 2.86 bits per heavy atom. The number of amides is 1. The Balaban J connectivity index is 1.68. The van der Waals surface area contributed by atoms with E-state index in [4.69, 9.17) is 9.47 Å². The number of benzene rings is 2. The smallest absolute Gasteiger partial charge is 0.271 e. The third-order valence-corrected chi connectivity index (χ3v) is 3.19. The lowest BCUT2D eigenvalue weighted by atomic mass is 10.1. The number of aromatic hydroxyl groups is 1. The minimum Gasteiger partial charge on any atom is -0.507 e. The molecule has 6 heteroatoms. The van der Waals surface area contributed by atoms with Crippen LogP contribution in [0.25, 0.3) is 0 Å². The van der Waals surface area contributed by atoms with Crippen molar-refractivity contribution in [3.63, 3.8) is 0 Å². The summed E-state index contributed by atoms with van der Waals surface area (Å²) in [7, 11) is 0. The first-order valence-corrected chi connectivity index (χ1v) is 6.66. The fourth-order valence-corrected chi connectivity index (χ4v) is 2.03. The largest absolute Gasteiger partial charge is 0.507 e. The van der Waals surface area contributed by atoms with Crippen LogP contribution in [0, 0.1) is 6.92 Å². The second kappa shape index (κ2) is 5.77. The van der Waals surface area contributed by atoms with Crippen LogP contribution in [-0.2, 0) is 0 Å². The maximum Gasteiger partial charge on any atom is 0.271 e. The summed E-state index contributed by atoms with van der Waals surface area (Å²) in [6.45, 7) is 2.04. The van der Waals surface area contributed by atoms with Gasteiger partial charge in [0.25, 0.3) is 5.91 Å². The van der Waals surface area contributed by atoms with Crippen molar-refractivity contribution in [2.75, 3.05) is 6.79 Å². The van der Waals surface area contributed by atoms with Gasteiger partial charge in [-0.2, -0.15) is 5.10 Å². The summed E-state index contributed by atoms with van der Waals surface area (Å²) in [5.74, 6) is 0.889. The number of nitrogens with zero attached hydrogens (tertiary/aromatic N) is 1. The lowest BCUT2D eigenvalue weighted by Crippen LogP contribution is -2.17. The lowest BCUT2D eigenvalue weighted by Gasteiger charge is -2.02. The molecule has 0 bridgehead atoms. The van der Waals surface area contributed by atoms with Crippen LogP contribution in [0.4, 0.5) is 0 Å². The molecule has 0 aromatic heterocycles. The first-order chi connectivity index (χ1) is 10.6. The summed E-state index contributed by atoms with van der Waals surface area (Å²) in [5, 5.41) is 13.6. The van der Waals surface area contributed by atoms with E-state index in [1.165, 1.54) is 6.21 Å². The summed E-state index contributed by atoms with van der Waals surface area (Å²) in [6.07, 6.45) is 1.39. The molecule has 2 aromatic rings. The fourth-order valence-electron chi connectivity index (χ4n) is 2.03. The second-order valence-electron chi connectivity index (χ2n) is 4.83. The van der Waals surface area contributed by atoms with Crippen molar-refractivity contribution >= 4 is 12.1 Å². The first kappa shape index (κ1) is 13.9.